The molecule has 0 saturated carbocycles. The quantitative estimate of drug-likeness (QED) is 0.523. The van der Waals surface area contributed by atoms with Gasteiger partial charge in [-0.25, -0.2) is 0 Å². The van der Waals surface area contributed by atoms with Gasteiger partial charge in [-0.15, -0.1) is 12.4 Å². The average molecular weight is 376 g/mol. The Bertz CT molecular complexity index is 583. The third-order valence-electron chi connectivity index (χ3n) is 3.79. The van der Waals surface area contributed by atoms with Crippen molar-refractivity contribution in [3.8, 4) is 11.5 Å². The van der Waals surface area contributed by atoms with Gasteiger partial charge in [0, 0.05) is 31.8 Å². The molecule has 0 aliphatic carbocycles. The van der Waals surface area contributed by atoms with Crippen molar-refractivity contribution in [1.29, 1.82) is 0 Å². The highest BCUT2D eigenvalue weighted by Gasteiger charge is 2.17. The van der Waals surface area contributed by atoms with Crippen molar-refractivity contribution in [2.45, 2.75) is 26.3 Å². The molecule has 0 radical (unpaired) electrons. The molecule has 9 heteroatoms. The number of nitro groups is 1. The number of nitrogens with zero attached hydrogens (tertiary/aromatic N) is 2. The number of nitrogens with two attached hydrogens (primary N) is 1. The Morgan fingerprint density at radius 3 is 2.56 bits per heavy atom. The monoisotopic (exact) mass is 375 g/mol. The first kappa shape index (κ1) is 22.9. The highest BCUT2D eigenvalue weighted by Crippen LogP contribution is 2.30. The van der Waals surface area contributed by atoms with Gasteiger partial charge in [-0.3, -0.25) is 14.9 Å². The van der Waals surface area contributed by atoms with E-state index in [4.69, 9.17) is 15.2 Å². The smallest absolute Gasteiger partial charge is 0.311 e. The van der Waals surface area contributed by atoms with Crippen LogP contribution in [0.2, 0.25) is 0 Å². The maximum absolute atomic E-state index is 12.0. The summed E-state index contributed by atoms with van der Waals surface area (Å²) in [6.45, 7) is 4.47. The number of benzene rings is 1. The van der Waals surface area contributed by atoms with Crippen LogP contribution in [0.1, 0.15) is 20.3 Å². The molecule has 1 amide bonds. The molecule has 1 rings (SSSR count). The third kappa shape index (κ3) is 7.15. The van der Waals surface area contributed by atoms with Crippen molar-refractivity contribution in [3.63, 3.8) is 0 Å². The molecule has 1 unspecified atom stereocenters. The Labute approximate surface area is 153 Å². The molecule has 1 atom stereocenters. The fourth-order valence-electron chi connectivity index (χ4n) is 1.95. The van der Waals surface area contributed by atoms with E-state index in [1.807, 2.05) is 13.8 Å². The van der Waals surface area contributed by atoms with Gasteiger partial charge >= 0.3 is 5.69 Å². The fourth-order valence-corrected chi connectivity index (χ4v) is 1.95. The molecule has 1 aromatic carbocycles. The number of halogens is 1. The standard InChI is InChI=1S/C16H25N3O5.ClH/c1-11(2)13(17)7-8-18(3)16(20)10-24-12-5-6-14(19(21)22)15(9-12)23-4;/h5-6,9,11,13H,7-8,10,17H2,1-4H3;1H. The Morgan fingerprint density at radius 2 is 2.04 bits per heavy atom. The topological polar surface area (TPSA) is 108 Å². The van der Waals surface area contributed by atoms with Gasteiger partial charge in [-0.2, -0.15) is 0 Å². The number of nitro benzene ring substituents is 1. The lowest BCUT2D eigenvalue weighted by Crippen LogP contribution is -2.36. The minimum atomic E-state index is -0.542. The number of likely N-dealkylation sites (N-methyl/N-ethyl adjacent to an activating group) is 1. The fraction of sp³-hybridized carbons (Fsp3) is 0.562. The van der Waals surface area contributed by atoms with E-state index in [0.717, 1.165) is 0 Å². The van der Waals surface area contributed by atoms with Crippen LogP contribution in [-0.4, -0.2) is 49.1 Å². The van der Waals surface area contributed by atoms with Gasteiger partial charge in [0.05, 0.1) is 12.0 Å². The van der Waals surface area contributed by atoms with Crippen LogP contribution in [0.15, 0.2) is 18.2 Å². The predicted octanol–water partition coefficient (Wildman–Crippen LogP) is 2.24. The lowest BCUT2D eigenvalue weighted by atomic mass is 10.0. The number of hydrogen-bond acceptors (Lipinski definition) is 6. The second kappa shape index (κ2) is 10.7. The lowest BCUT2D eigenvalue weighted by molar-refractivity contribution is -0.385. The van der Waals surface area contributed by atoms with Crippen LogP contribution >= 0.6 is 12.4 Å². The van der Waals surface area contributed by atoms with E-state index in [-0.39, 0.29) is 42.4 Å². The van der Waals surface area contributed by atoms with Crippen LogP contribution in [0.5, 0.6) is 11.5 Å². The minimum absolute atomic E-state index is 0. The highest BCUT2D eigenvalue weighted by atomic mass is 35.5. The Hall–Kier alpha value is -2.06. The van der Waals surface area contributed by atoms with Crippen molar-refractivity contribution >= 4 is 24.0 Å². The van der Waals surface area contributed by atoms with E-state index in [0.29, 0.717) is 24.6 Å². The molecule has 0 aliphatic rings. The molecule has 0 fully saturated rings. The predicted molar refractivity (Wildman–Crippen MR) is 97.5 cm³/mol. The van der Waals surface area contributed by atoms with Crippen molar-refractivity contribution in [2.75, 3.05) is 27.3 Å². The summed E-state index contributed by atoms with van der Waals surface area (Å²) >= 11 is 0. The van der Waals surface area contributed by atoms with E-state index >= 15 is 0 Å². The van der Waals surface area contributed by atoms with Crippen molar-refractivity contribution in [1.82, 2.24) is 4.90 Å². The molecule has 142 valence electrons. The SMILES string of the molecule is COc1cc(OCC(=O)N(C)CCC(N)C(C)C)ccc1[N+](=O)[O-].Cl. The van der Waals surface area contributed by atoms with Crippen molar-refractivity contribution in [2.24, 2.45) is 11.7 Å². The van der Waals surface area contributed by atoms with Crippen molar-refractivity contribution in [3.05, 3.63) is 28.3 Å². The van der Waals surface area contributed by atoms with E-state index in [2.05, 4.69) is 0 Å². The largest absolute Gasteiger partial charge is 0.490 e. The summed E-state index contributed by atoms with van der Waals surface area (Å²) in [6.07, 6.45) is 0.714. The van der Waals surface area contributed by atoms with Crippen molar-refractivity contribution < 1.29 is 19.2 Å². The summed E-state index contributed by atoms with van der Waals surface area (Å²) in [4.78, 5) is 23.9. The summed E-state index contributed by atoms with van der Waals surface area (Å²) in [6, 6.07) is 4.15. The van der Waals surface area contributed by atoms with E-state index in [9.17, 15) is 14.9 Å². The molecule has 0 bridgehead atoms. The molecule has 0 aliphatic heterocycles. The Kier molecular flexibility index (Phi) is 9.85. The maximum Gasteiger partial charge on any atom is 0.311 e. The first-order chi connectivity index (χ1) is 11.3. The van der Waals surface area contributed by atoms with E-state index < -0.39 is 4.92 Å². The highest BCUT2D eigenvalue weighted by molar-refractivity contribution is 5.85. The summed E-state index contributed by atoms with van der Waals surface area (Å²) < 4.78 is 10.4. The number of ether oxygens (including phenoxy) is 2. The lowest BCUT2D eigenvalue weighted by Gasteiger charge is -2.21. The van der Waals surface area contributed by atoms with Gasteiger partial charge in [-0.1, -0.05) is 13.8 Å². The molecular weight excluding hydrogens is 350 g/mol. The van der Waals surface area contributed by atoms with Crippen LogP contribution in [0.4, 0.5) is 5.69 Å². The van der Waals surface area contributed by atoms with Gasteiger partial charge in [0.1, 0.15) is 5.75 Å². The Morgan fingerprint density at radius 1 is 1.40 bits per heavy atom. The second-order valence-electron chi connectivity index (χ2n) is 5.89. The molecule has 0 saturated heterocycles. The zero-order valence-corrected chi connectivity index (χ0v) is 15.7. The van der Waals surface area contributed by atoms with Gasteiger partial charge < -0.3 is 20.1 Å². The molecule has 2 N–H and O–H groups in total. The Balaban J connectivity index is 0.00000576. The molecule has 0 heterocycles. The second-order valence-corrected chi connectivity index (χ2v) is 5.89. The first-order valence-electron chi connectivity index (χ1n) is 7.71. The minimum Gasteiger partial charge on any atom is -0.490 e. The number of carbonyl (C=O) groups excluding carboxylic acids is 1. The molecule has 0 aromatic heterocycles. The van der Waals surface area contributed by atoms with Crippen LogP contribution in [-0.2, 0) is 4.79 Å². The average Bonchev–Trinajstić information content (AvgIpc) is 2.56. The van der Waals surface area contributed by atoms with Crippen LogP contribution in [0.3, 0.4) is 0 Å². The number of hydrogen-bond donors (Lipinski definition) is 1. The maximum atomic E-state index is 12.0. The van der Waals surface area contributed by atoms with E-state index in [1.165, 1.54) is 25.3 Å². The summed E-state index contributed by atoms with van der Waals surface area (Å²) in [5.41, 5.74) is 5.81. The molecule has 8 nitrogen and oxygen atoms in total. The van der Waals surface area contributed by atoms with Gasteiger partial charge in [0.25, 0.3) is 5.91 Å². The summed E-state index contributed by atoms with van der Waals surface area (Å²) in [5.74, 6) is 0.583. The summed E-state index contributed by atoms with van der Waals surface area (Å²) in [5, 5.41) is 10.8. The zero-order chi connectivity index (χ0) is 18.3. The number of carbonyl (C=O) groups is 1. The first-order valence-corrected chi connectivity index (χ1v) is 7.71. The van der Waals surface area contributed by atoms with Gasteiger partial charge in [0.15, 0.2) is 6.61 Å². The zero-order valence-electron chi connectivity index (χ0n) is 14.9. The number of rotatable bonds is 9. The van der Waals surface area contributed by atoms with Gasteiger partial charge in [0.2, 0.25) is 5.75 Å². The number of amides is 1. The molecule has 25 heavy (non-hydrogen) atoms. The van der Waals surface area contributed by atoms with Gasteiger partial charge in [-0.05, 0) is 18.4 Å². The van der Waals surface area contributed by atoms with Crippen LogP contribution in [0.25, 0.3) is 0 Å². The van der Waals surface area contributed by atoms with Crippen LogP contribution in [0, 0.1) is 16.0 Å². The molecule has 0 spiro atoms. The number of methoxy groups -OCH3 is 1. The normalized spacial score (nSPS) is 11.4. The third-order valence-corrected chi connectivity index (χ3v) is 3.79. The summed E-state index contributed by atoms with van der Waals surface area (Å²) in [7, 11) is 3.03. The molecular formula is C16H26ClN3O5. The van der Waals surface area contributed by atoms with Crippen LogP contribution < -0.4 is 15.2 Å². The van der Waals surface area contributed by atoms with E-state index in [1.54, 1.807) is 11.9 Å². The molecule has 1 aromatic rings.